The number of hydrogen-bond donors (Lipinski definition) is 1. The summed E-state index contributed by atoms with van der Waals surface area (Å²) in [4.78, 5) is 0.219. The highest BCUT2D eigenvalue weighted by atomic mass is 79.9. The minimum Gasteiger partial charge on any atom is -0.497 e. The van der Waals surface area contributed by atoms with E-state index in [4.69, 9.17) is 9.47 Å². The lowest BCUT2D eigenvalue weighted by Gasteiger charge is -2.15. The van der Waals surface area contributed by atoms with Gasteiger partial charge in [0.05, 0.1) is 18.0 Å². The summed E-state index contributed by atoms with van der Waals surface area (Å²) >= 11 is 3.28. The molecule has 0 radical (unpaired) electrons. The molecule has 1 unspecified atom stereocenters. The molecule has 23 heavy (non-hydrogen) atoms. The minimum absolute atomic E-state index is 0.219. The zero-order chi connectivity index (χ0) is 16.9. The van der Waals surface area contributed by atoms with E-state index >= 15 is 0 Å². The van der Waals surface area contributed by atoms with Gasteiger partial charge in [0.1, 0.15) is 18.1 Å². The summed E-state index contributed by atoms with van der Waals surface area (Å²) in [6.45, 7) is 1.97. The topological polar surface area (TPSA) is 64.6 Å². The average Bonchev–Trinajstić information content (AvgIpc) is 2.53. The molecule has 0 aliphatic rings. The zero-order valence-electron chi connectivity index (χ0n) is 12.8. The van der Waals surface area contributed by atoms with E-state index < -0.39 is 10.0 Å². The van der Waals surface area contributed by atoms with Gasteiger partial charge >= 0.3 is 0 Å². The molecule has 0 saturated carbocycles. The summed E-state index contributed by atoms with van der Waals surface area (Å²) in [5.41, 5.74) is 0. The highest BCUT2D eigenvalue weighted by Gasteiger charge is 2.17. The number of halogens is 1. The van der Waals surface area contributed by atoms with Crippen molar-refractivity contribution in [3.05, 3.63) is 53.0 Å². The van der Waals surface area contributed by atoms with Crippen LogP contribution < -0.4 is 14.2 Å². The van der Waals surface area contributed by atoms with Crippen LogP contribution in [-0.4, -0.2) is 28.2 Å². The lowest BCUT2D eigenvalue weighted by Crippen LogP contribution is -2.36. The van der Waals surface area contributed by atoms with Crippen molar-refractivity contribution in [2.24, 2.45) is 0 Å². The number of benzene rings is 2. The third kappa shape index (κ3) is 5.23. The molecule has 0 fully saturated rings. The van der Waals surface area contributed by atoms with Crippen LogP contribution in [0.25, 0.3) is 0 Å². The van der Waals surface area contributed by atoms with Crippen molar-refractivity contribution in [2.45, 2.75) is 17.9 Å². The Morgan fingerprint density at radius 1 is 1.04 bits per heavy atom. The van der Waals surface area contributed by atoms with Crippen molar-refractivity contribution in [3.8, 4) is 11.5 Å². The fourth-order valence-corrected chi connectivity index (χ4v) is 3.37. The van der Waals surface area contributed by atoms with Crippen LogP contribution >= 0.6 is 15.9 Å². The molecule has 1 N–H and O–H groups in total. The van der Waals surface area contributed by atoms with Crippen molar-refractivity contribution >= 4 is 26.0 Å². The van der Waals surface area contributed by atoms with Gasteiger partial charge in [0, 0.05) is 4.47 Å². The summed E-state index contributed by atoms with van der Waals surface area (Å²) in [5, 5.41) is 0. The molecule has 5 nitrogen and oxygen atoms in total. The van der Waals surface area contributed by atoms with Gasteiger partial charge in [-0.15, -0.1) is 0 Å². The van der Waals surface area contributed by atoms with Crippen LogP contribution in [0.1, 0.15) is 6.92 Å². The van der Waals surface area contributed by atoms with Gasteiger partial charge in [-0.3, -0.25) is 0 Å². The Balaban J connectivity index is 1.92. The van der Waals surface area contributed by atoms with E-state index in [1.165, 1.54) is 0 Å². The van der Waals surface area contributed by atoms with E-state index in [0.717, 1.165) is 10.2 Å². The van der Waals surface area contributed by atoms with E-state index in [1.54, 1.807) is 62.6 Å². The van der Waals surface area contributed by atoms with Crippen LogP contribution in [0.3, 0.4) is 0 Å². The summed E-state index contributed by atoms with van der Waals surface area (Å²) in [7, 11) is -1.97. The van der Waals surface area contributed by atoms with Crippen LogP contribution in [0, 0.1) is 0 Å². The van der Waals surface area contributed by atoms with E-state index in [9.17, 15) is 8.42 Å². The van der Waals surface area contributed by atoms with E-state index in [1.807, 2.05) is 0 Å². The Kier molecular flexibility index (Phi) is 6.04. The van der Waals surface area contributed by atoms with E-state index in [0.29, 0.717) is 5.75 Å². The number of rotatable bonds is 7. The van der Waals surface area contributed by atoms with Gasteiger partial charge in [-0.1, -0.05) is 15.9 Å². The highest BCUT2D eigenvalue weighted by molar-refractivity contribution is 9.10. The molecule has 2 aromatic carbocycles. The Hall–Kier alpha value is -1.57. The lowest BCUT2D eigenvalue weighted by atomic mass is 10.3. The van der Waals surface area contributed by atoms with Gasteiger partial charge in [-0.2, -0.15) is 0 Å². The predicted molar refractivity (Wildman–Crippen MR) is 92.4 cm³/mol. The monoisotopic (exact) mass is 399 g/mol. The van der Waals surface area contributed by atoms with Crippen molar-refractivity contribution in [3.63, 3.8) is 0 Å². The summed E-state index contributed by atoms with van der Waals surface area (Å²) in [6, 6.07) is 13.2. The number of hydrogen-bond acceptors (Lipinski definition) is 4. The van der Waals surface area contributed by atoms with Gasteiger partial charge in [-0.05, 0) is 55.5 Å². The molecule has 2 aromatic rings. The third-order valence-electron chi connectivity index (χ3n) is 3.04. The van der Waals surface area contributed by atoms with Crippen LogP contribution in [-0.2, 0) is 10.0 Å². The molecule has 7 heteroatoms. The number of methoxy groups -OCH3 is 1. The molecule has 0 amide bonds. The van der Waals surface area contributed by atoms with E-state index in [-0.39, 0.29) is 17.5 Å². The Morgan fingerprint density at radius 3 is 2.17 bits per heavy atom. The first kappa shape index (κ1) is 17.8. The summed E-state index contributed by atoms with van der Waals surface area (Å²) in [6.07, 6.45) is 0. The molecular formula is C16H18BrNO4S. The molecule has 0 heterocycles. The highest BCUT2D eigenvalue weighted by Crippen LogP contribution is 2.18. The number of ether oxygens (including phenoxy) is 2. The molecule has 1 atom stereocenters. The molecular weight excluding hydrogens is 382 g/mol. The SMILES string of the molecule is COc1ccc(OCC(C)NS(=O)(=O)c2ccc(Br)cc2)cc1. The number of sulfonamides is 1. The maximum Gasteiger partial charge on any atom is 0.240 e. The second kappa shape index (κ2) is 7.81. The number of nitrogens with one attached hydrogen (secondary N) is 1. The average molecular weight is 400 g/mol. The molecule has 124 valence electrons. The molecule has 0 bridgehead atoms. The first-order valence-corrected chi connectivity index (χ1v) is 9.23. The molecule has 0 saturated heterocycles. The quantitative estimate of drug-likeness (QED) is 0.776. The van der Waals surface area contributed by atoms with Gasteiger partial charge < -0.3 is 9.47 Å². The second-order valence-electron chi connectivity index (χ2n) is 4.96. The normalized spacial score (nSPS) is 12.7. The fraction of sp³-hybridized carbons (Fsp3) is 0.250. The van der Waals surface area contributed by atoms with Crippen LogP contribution in [0.15, 0.2) is 57.9 Å². The molecule has 0 aromatic heterocycles. The Bertz CT molecular complexity index is 730. The largest absolute Gasteiger partial charge is 0.497 e. The standard InChI is InChI=1S/C16H18BrNO4S/c1-12(11-22-15-7-5-14(21-2)6-8-15)18-23(19,20)16-9-3-13(17)4-10-16/h3-10,12,18H,11H2,1-2H3. The third-order valence-corrected chi connectivity index (χ3v) is 5.17. The first-order valence-electron chi connectivity index (χ1n) is 6.95. The predicted octanol–water partition coefficient (Wildman–Crippen LogP) is 3.20. The molecule has 0 aliphatic heterocycles. The molecule has 2 rings (SSSR count). The Morgan fingerprint density at radius 2 is 1.61 bits per heavy atom. The summed E-state index contributed by atoms with van der Waals surface area (Å²) < 4.78 is 38.6. The van der Waals surface area contributed by atoms with Gasteiger partial charge in [0.2, 0.25) is 10.0 Å². The summed E-state index contributed by atoms with van der Waals surface area (Å²) in [5.74, 6) is 1.39. The van der Waals surface area contributed by atoms with Gasteiger partial charge in [-0.25, -0.2) is 13.1 Å². The van der Waals surface area contributed by atoms with Crippen molar-refractivity contribution in [1.29, 1.82) is 0 Å². The van der Waals surface area contributed by atoms with Crippen molar-refractivity contribution < 1.29 is 17.9 Å². The first-order chi connectivity index (χ1) is 10.9. The van der Waals surface area contributed by atoms with E-state index in [2.05, 4.69) is 20.7 Å². The molecule has 0 aliphatic carbocycles. The van der Waals surface area contributed by atoms with Crippen LogP contribution in [0.2, 0.25) is 0 Å². The molecule has 0 spiro atoms. The van der Waals surface area contributed by atoms with Crippen molar-refractivity contribution in [1.82, 2.24) is 4.72 Å². The van der Waals surface area contributed by atoms with Gasteiger partial charge in [0.25, 0.3) is 0 Å². The van der Waals surface area contributed by atoms with Crippen LogP contribution in [0.5, 0.6) is 11.5 Å². The Labute approximate surface area is 144 Å². The fourth-order valence-electron chi connectivity index (χ4n) is 1.87. The van der Waals surface area contributed by atoms with Crippen LogP contribution in [0.4, 0.5) is 0 Å². The minimum atomic E-state index is -3.56. The maximum atomic E-state index is 12.3. The van der Waals surface area contributed by atoms with Gasteiger partial charge in [0.15, 0.2) is 0 Å². The van der Waals surface area contributed by atoms with Crippen molar-refractivity contribution in [2.75, 3.05) is 13.7 Å². The smallest absolute Gasteiger partial charge is 0.240 e. The lowest BCUT2D eigenvalue weighted by molar-refractivity contribution is 0.287. The maximum absolute atomic E-state index is 12.3. The zero-order valence-corrected chi connectivity index (χ0v) is 15.2. The second-order valence-corrected chi connectivity index (χ2v) is 7.59.